The molecule has 3 amide bonds. The van der Waals surface area contributed by atoms with Gasteiger partial charge in [-0.05, 0) is 12.8 Å². The van der Waals surface area contributed by atoms with Gasteiger partial charge in [-0.3, -0.25) is 10.1 Å². The molecule has 1 unspecified atom stereocenters. The standard InChI is InChI=1S/C10H19ClN2O2/c1-4-8(3)7-13(5-2)10(15)12-9(14)6-11/h8H,4-7H2,1-3H3,(H,12,14,15). The Bertz CT molecular complexity index is 221. The largest absolute Gasteiger partial charge is 0.324 e. The van der Waals surface area contributed by atoms with Crippen LogP contribution in [0.3, 0.4) is 0 Å². The van der Waals surface area contributed by atoms with Crippen molar-refractivity contribution < 1.29 is 9.59 Å². The van der Waals surface area contributed by atoms with Gasteiger partial charge < -0.3 is 4.90 Å². The summed E-state index contributed by atoms with van der Waals surface area (Å²) in [5.41, 5.74) is 0. The van der Waals surface area contributed by atoms with E-state index in [4.69, 9.17) is 11.6 Å². The molecule has 1 atom stereocenters. The van der Waals surface area contributed by atoms with Crippen LogP contribution < -0.4 is 5.32 Å². The lowest BCUT2D eigenvalue weighted by atomic mass is 10.1. The second kappa shape index (κ2) is 7.51. The fraction of sp³-hybridized carbons (Fsp3) is 0.800. The molecule has 0 saturated carbocycles. The molecule has 0 saturated heterocycles. The zero-order chi connectivity index (χ0) is 11.8. The number of nitrogens with zero attached hydrogens (tertiary/aromatic N) is 1. The first-order valence-corrected chi connectivity index (χ1v) is 5.73. The number of amides is 3. The lowest BCUT2D eigenvalue weighted by Crippen LogP contribution is -2.44. The van der Waals surface area contributed by atoms with Crippen LogP contribution in [0.25, 0.3) is 0 Å². The van der Waals surface area contributed by atoms with E-state index in [1.807, 2.05) is 6.92 Å². The van der Waals surface area contributed by atoms with Gasteiger partial charge in [-0.15, -0.1) is 11.6 Å². The summed E-state index contributed by atoms with van der Waals surface area (Å²) in [6.45, 7) is 7.27. The molecular formula is C10H19ClN2O2. The van der Waals surface area contributed by atoms with E-state index < -0.39 is 5.91 Å². The number of rotatable bonds is 5. The van der Waals surface area contributed by atoms with Crippen molar-refractivity contribution in [1.82, 2.24) is 10.2 Å². The molecule has 0 aromatic rings. The third kappa shape index (κ3) is 5.62. The number of hydrogen-bond donors (Lipinski definition) is 1. The Morgan fingerprint density at radius 1 is 1.40 bits per heavy atom. The van der Waals surface area contributed by atoms with Gasteiger partial charge in [0.25, 0.3) is 0 Å². The first kappa shape index (κ1) is 14.2. The molecule has 0 rings (SSSR count). The summed E-state index contributed by atoms with van der Waals surface area (Å²) in [5, 5.41) is 2.23. The van der Waals surface area contributed by atoms with E-state index in [0.29, 0.717) is 19.0 Å². The molecule has 0 aromatic carbocycles. The number of alkyl halides is 1. The van der Waals surface area contributed by atoms with Gasteiger partial charge in [0.05, 0.1) is 0 Å². The van der Waals surface area contributed by atoms with Gasteiger partial charge in [0.2, 0.25) is 5.91 Å². The van der Waals surface area contributed by atoms with Crippen LogP contribution in [0.5, 0.6) is 0 Å². The van der Waals surface area contributed by atoms with Crippen LogP contribution in [-0.2, 0) is 4.79 Å². The van der Waals surface area contributed by atoms with Gasteiger partial charge in [-0.2, -0.15) is 0 Å². The third-order valence-electron chi connectivity index (χ3n) is 2.27. The molecule has 0 heterocycles. The topological polar surface area (TPSA) is 49.4 Å². The molecule has 0 aliphatic carbocycles. The number of urea groups is 1. The molecule has 0 radical (unpaired) electrons. The van der Waals surface area contributed by atoms with Crippen LogP contribution in [0.2, 0.25) is 0 Å². The Labute approximate surface area is 96.0 Å². The first-order valence-electron chi connectivity index (χ1n) is 5.19. The second-order valence-electron chi connectivity index (χ2n) is 3.54. The molecule has 0 bridgehead atoms. The van der Waals surface area contributed by atoms with E-state index >= 15 is 0 Å². The number of imide groups is 1. The maximum absolute atomic E-state index is 11.5. The minimum absolute atomic E-state index is 0.188. The summed E-state index contributed by atoms with van der Waals surface area (Å²) in [6.07, 6.45) is 1.01. The lowest BCUT2D eigenvalue weighted by Gasteiger charge is -2.23. The Balaban J connectivity index is 4.16. The molecule has 0 aliphatic heterocycles. The molecule has 5 heteroatoms. The summed E-state index contributed by atoms with van der Waals surface area (Å²) in [5.74, 6) is -0.210. The highest BCUT2D eigenvalue weighted by atomic mass is 35.5. The Morgan fingerprint density at radius 3 is 2.40 bits per heavy atom. The summed E-state index contributed by atoms with van der Waals surface area (Å²) >= 11 is 5.29. The number of carbonyl (C=O) groups is 2. The zero-order valence-corrected chi connectivity index (χ0v) is 10.3. The SMILES string of the molecule is CCC(C)CN(CC)C(=O)NC(=O)CCl. The molecule has 1 N–H and O–H groups in total. The maximum atomic E-state index is 11.5. The third-order valence-corrected chi connectivity index (χ3v) is 2.51. The average Bonchev–Trinajstić information content (AvgIpc) is 2.24. The minimum atomic E-state index is -0.454. The van der Waals surface area contributed by atoms with E-state index in [-0.39, 0.29) is 11.9 Å². The molecular weight excluding hydrogens is 216 g/mol. The van der Waals surface area contributed by atoms with Crippen molar-refractivity contribution in [3.8, 4) is 0 Å². The van der Waals surface area contributed by atoms with Crippen LogP contribution in [0, 0.1) is 5.92 Å². The van der Waals surface area contributed by atoms with Crippen molar-refractivity contribution >= 4 is 23.5 Å². The number of carbonyl (C=O) groups excluding carboxylic acids is 2. The molecule has 0 fully saturated rings. The fourth-order valence-electron chi connectivity index (χ4n) is 1.09. The molecule has 0 aliphatic rings. The highest BCUT2D eigenvalue weighted by Crippen LogP contribution is 2.04. The number of nitrogens with one attached hydrogen (secondary N) is 1. The summed E-state index contributed by atoms with van der Waals surface area (Å²) in [7, 11) is 0. The van der Waals surface area contributed by atoms with Crippen LogP contribution in [0.15, 0.2) is 0 Å². The first-order chi connectivity index (χ1) is 7.04. The summed E-state index contributed by atoms with van der Waals surface area (Å²) in [6, 6.07) is -0.358. The highest BCUT2D eigenvalue weighted by molar-refractivity contribution is 6.28. The van der Waals surface area contributed by atoms with Gasteiger partial charge in [0.1, 0.15) is 5.88 Å². The number of hydrogen-bond acceptors (Lipinski definition) is 2. The van der Waals surface area contributed by atoms with Gasteiger partial charge in [-0.25, -0.2) is 4.79 Å². The monoisotopic (exact) mass is 234 g/mol. The fourth-order valence-corrected chi connectivity index (χ4v) is 1.16. The zero-order valence-electron chi connectivity index (χ0n) is 9.55. The van der Waals surface area contributed by atoms with Crippen molar-refractivity contribution in [2.45, 2.75) is 27.2 Å². The van der Waals surface area contributed by atoms with Crippen molar-refractivity contribution in [2.24, 2.45) is 5.92 Å². The summed E-state index contributed by atoms with van der Waals surface area (Å²) in [4.78, 5) is 24.0. The Kier molecular flexibility index (Phi) is 7.13. The lowest BCUT2D eigenvalue weighted by molar-refractivity contribution is -0.117. The summed E-state index contributed by atoms with van der Waals surface area (Å²) < 4.78 is 0. The van der Waals surface area contributed by atoms with Crippen molar-refractivity contribution in [2.75, 3.05) is 19.0 Å². The Hall–Kier alpha value is -0.770. The van der Waals surface area contributed by atoms with Crippen LogP contribution >= 0.6 is 11.6 Å². The van der Waals surface area contributed by atoms with Gasteiger partial charge in [-0.1, -0.05) is 20.3 Å². The minimum Gasteiger partial charge on any atom is -0.324 e. The maximum Gasteiger partial charge on any atom is 0.324 e. The van der Waals surface area contributed by atoms with Crippen molar-refractivity contribution in [1.29, 1.82) is 0 Å². The van der Waals surface area contributed by atoms with E-state index in [0.717, 1.165) is 6.42 Å². The van der Waals surface area contributed by atoms with E-state index in [2.05, 4.69) is 19.2 Å². The smallest absolute Gasteiger partial charge is 0.324 e. The molecule has 15 heavy (non-hydrogen) atoms. The van der Waals surface area contributed by atoms with Crippen LogP contribution in [0.4, 0.5) is 4.79 Å². The van der Waals surface area contributed by atoms with Gasteiger partial charge in [0.15, 0.2) is 0 Å². The van der Waals surface area contributed by atoms with Crippen molar-refractivity contribution in [3.63, 3.8) is 0 Å². The van der Waals surface area contributed by atoms with Crippen molar-refractivity contribution in [3.05, 3.63) is 0 Å². The highest BCUT2D eigenvalue weighted by Gasteiger charge is 2.15. The Morgan fingerprint density at radius 2 is 2.00 bits per heavy atom. The van der Waals surface area contributed by atoms with Crippen LogP contribution in [-0.4, -0.2) is 35.8 Å². The van der Waals surface area contributed by atoms with E-state index in [9.17, 15) is 9.59 Å². The average molecular weight is 235 g/mol. The predicted octanol–water partition coefficient (Wildman–Crippen LogP) is 1.83. The predicted molar refractivity (Wildman–Crippen MR) is 61.0 cm³/mol. The van der Waals surface area contributed by atoms with E-state index in [1.54, 1.807) is 4.90 Å². The molecule has 0 spiro atoms. The normalized spacial score (nSPS) is 12.0. The molecule has 0 aromatic heterocycles. The second-order valence-corrected chi connectivity index (χ2v) is 3.81. The van der Waals surface area contributed by atoms with E-state index in [1.165, 1.54) is 0 Å². The quantitative estimate of drug-likeness (QED) is 0.738. The van der Waals surface area contributed by atoms with Gasteiger partial charge >= 0.3 is 6.03 Å². The number of halogens is 1. The van der Waals surface area contributed by atoms with Crippen LogP contribution in [0.1, 0.15) is 27.2 Å². The molecule has 88 valence electrons. The van der Waals surface area contributed by atoms with Gasteiger partial charge in [0, 0.05) is 13.1 Å². The molecule has 4 nitrogen and oxygen atoms in total.